The SMILES string of the molecule is COC(=O)c1c(NC(=O)c2cc(C)sc2C)sc2c1CCCC2. The van der Waals surface area contributed by atoms with Crippen LogP contribution in [0.2, 0.25) is 0 Å². The first-order chi connectivity index (χ1) is 11.0. The Balaban J connectivity index is 1.96. The number of ether oxygens (including phenoxy) is 1. The van der Waals surface area contributed by atoms with Crippen molar-refractivity contribution in [2.75, 3.05) is 12.4 Å². The van der Waals surface area contributed by atoms with E-state index in [4.69, 9.17) is 4.74 Å². The van der Waals surface area contributed by atoms with Crippen molar-refractivity contribution in [3.63, 3.8) is 0 Å². The Hall–Kier alpha value is -1.66. The number of rotatable bonds is 3. The summed E-state index contributed by atoms with van der Waals surface area (Å²) in [6.07, 6.45) is 4.05. The molecule has 1 aliphatic carbocycles. The van der Waals surface area contributed by atoms with Crippen molar-refractivity contribution in [1.29, 1.82) is 0 Å². The van der Waals surface area contributed by atoms with E-state index in [1.54, 1.807) is 11.3 Å². The van der Waals surface area contributed by atoms with E-state index in [-0.39, 0.29) is 11.9 Å². The van der Waals surface area contributed by atoms with Crippen molar-refractivity contribution in [3.05, 3.63) is 37.4 Å². The summed E-state index contributed by atoms with van der Waals surface area (Å²) in [4.78, 5) is 28.1. The lowest BCUT2D eigenvalue weighted by atomic mass is 9.95. The lowest BCUT2D eigenvalue weighted by Gasteiger charge is -2.11. The fraction of sp³-hybridized carbons (Fsp3) is 0.412. The van der Waals surface area contributed by atoms with Gasteiger partial charge in [0.25, 0.3) is 5.91 Å². The zero-order chi connectivity index (χ0) is 16.6. The number of esters is 1. The van der Waals surface area contributed by atoms with Crippen LogP contribution in [0, 0.1) is 13.8 Å². The molecule has 3 rings (SSSR count). The van der Waals surface area contributed by atoms with E-state index < -0.39 is 0 Å². The number of amides is 1. The molecule has 0 spiro atoms. The van der Waals surface area contributed by atoms with Crippen LogP contribution in [0.1, 0.15) is 53.8 Å². The van der Waals surface area contributed by atoms with Crippen molar-refractivity contribution < 1.29 is 14.3 Å². The molecule has 23 heavy (non-hydrogen) atoms. The molecule has 4 nitrogen and oxygen atoms in total. The molecular formula is C17H19NO3S2. The van der Waals surface area contributed by atoms with Gasteiger partial charge in [0, 0.05) is 14.6 Å². The van der Waals surface area contributed by atoms with Crippen LogP contribution in [0.5, 0.6) is 0 Å². The number of nitrogens with one attached hydrogen (secondary N) is 1. The topological polar surface area (TPSA) is 55.4 Å². The van der Waals surface area contributed by atoms with Crippen molar-refractivity contribution in [1.82, 2.24) is 0 Å². The maximum Gasteiger partial charge on any atom is 0.341 e. The number of hydrogen-bond donors (Lipinski definition) is 1. The van der Waals surface area contributed by atoms with Gasteiger partial charge in [0.2, 0.25) is 0 Å². The highest BCUT2D eigenvalue weighted by Gasteiger charge is 2.27. The van der Waals surface area contributed by atoms with Crippen LogP contribution in [0.25, 0.3) is 0 Å². The second-order valence-electron chi connectivity index (χ2n) is 5.69. The molecule has 6 heteroatoms. The van der Waals surface area contributed by atoms with Gasteiger partial charge in [-0.2, -0.15) is 0 Å². The van der Waals surface area contributed by atoms with Crippen molar-refractivity contribution >= 4 is 39.6 Å². The summed E-state index contributed by atoms with van der Waals surface area (Å²) in [5.41, 5.74) is 2.28. The Morgan fingerprint density at radius 2 is 1.91 bits per heavy atom. The van der Waals surface area contributed by atoms with Crippen molar-refractivity contribution in [2.24, 2.45) is 0 Å². The average molecular weight is 349 g/mol. The van der Waals surface area contributed by atoms with Gasteiger partial charge in [0.1, 0.15) is 5.00 Å². The predicted octanol–water partition coefficient (Wildman–Crippen LogP) is 4.34. The van der Waals surface area contributed by atoms with E-state index in [9.17, 15) is 9.59 Å². The van der Waals surface area contributed by atoms with E-state index in [2.05, 4.69) is 5.32 Å². The van der Waals surface area contributed by atoms with Gasteiger partial charge < -0.3 is 10.1 Å². The van der Waals surface area contributed by atoms with Crippen LogP contribution < -0.4 is 5.32 Å². The van der Waals surface area contributed by atoms with Crippen LogP contribution in [0.15, 0.2) is 6.07 Å². The number of carbonyl (C=O) groups is 2. The summed E-state index contributed by atoms with van der Waals surface area (Å²) in [7, 11) is 1.38. The van der Waals surface area contributed by atoms with Crippen molar-refractivity contribution in [3.8, 4) is 0 Å². The highest BCUT2D eigenvalue weighted by atomic mass is 32.1. The minimum absolute atomic E-state index is 0.157. The normalized spacial score (nSPS) is 13.5. The summed E-state index contributed by atoms with van der Waals surface area (Å²) in [5.74, 6) is -0.520. The molecule has 0 aliphatic heterocycles. The maximum absolute atomic E-state index is 12.6. The maximum atomic E-state index is 12.6. The second-order valence-corrected chi connectivity index (χ2v) is 8.25. The Labute approximate surface area is 143 Å². The molecule has 0 fully saturated rings. The third-order valence-electron chi connectivity index (χ3n) is 4.07. The third-order valence-corrected chi connectivity index (χ3v) is 6.25. The van der Waals surface area contributed by atoms with E-state index in [1.807, 2.05) is 19.9 Å². The van der Waals surface area contributed by atoms with E-state index in [1.165, 1.54) is 23.3 Å². The van der Waals surface area contributed by atoms with Crippen LogP contribution in [0.3, 0.4) is 0 Å². The van der Waals surface area contributed by atoms with Crippen LogP contribution in [0.4, 0.5) is 5.00 Å². The number of methoxy groups -OCH3 is 1. The Morgan fingerprint density at radius 1 is 1.17 bits per heavy atom. The standard InChI is InChI=1S/C17H19NO3S2/c1-9-8-12(10(2)22-9)15(19)18-16-14(17(20)21-3)11-6-4-5-7-13(11)23-16/h8H,4-7H2,1-3H3,(H,18,19). The molecule has 122 valence electrons. The molecule has 1 aliphatic rings. The van der Waals surface area contributed by atoms with Gasteiger partial charge in [-0.05, 0) is 51.2 Å². The Bertz CT molecular complexity index is 773. The van der Waals surface area contributed by atoms with Gasteiger partial charge >= 0.3 is 5.97 Å². The van der Waals surface area contributed by atoms with Gasteiger partial charge in [-0.1, -0.05) is 0 Å². The van der Waals surface area contributed by atoms with Gasteiger partial charge in [-0.25, -0.2) is 4.79 Å². The summed E-state index contributed by atoms with van der Waals surface area (Å²) in [6, 6.07) is 1.89. The largest absolute Gasteiger partial charge is 0.465 e. The highest BCUT2D eigenvalue weighted by Crippen LogP contribution is 2.39. The van der Waals surface area contributed by atoms with Gasteiger partial charge in [-0.15, -0.1) is 22.7 Å². The molecule has 0 bridgehead atoms. The molecule has 1 N–H and O–H groups in total. The fourth-order valence-electron chi connectivity index (χ4n) is 3.00. The second kappa shape index (κ2) is 6.45. The lowest BCUT2D eigenvalue weighted by Crippen LogP contribution is -2.15. The molecule has 2 aromatic heterocycles. The molecule has 0 aromatic carbocycles. The van der Waals surface area contributed by atoms with E-state index in [0.29, 0.717) is 16.1 Å². The molecule has 0 unspecified atom stereocenters. The Morgan fingerprint density at radius 3 is 2.57 bits per heavy atom. The third kappa shape index (κ3) is 3.05. The van der Waals surface area contributed by atoms with Gasteiger partial charge in [0.05, 0.1) is 18.2 Å². The van der Waals surface area contributed by atoms with Crippen LogP contribution in [-0.4, -0.2) is 19.0 Å². The molecule has 0 saturated carbocycles. The van der Waals surface area contributed by atoms with Crippen LogP contribution >= 0.6 is 22.7 Å². The quantitative estimate of drug-likeness (QED) is 0.839. The lowest BCUT2D eigenvalue weighted by molar-refractivity contribution is 0.0601. The molecule has 0 saturated heterocycles. The molecule has 0 atom stereocenters. The first kappa shape index (κ1) is 16.2. The number of fused-ring (bicyclic) bond motifs is 1. The predicted molar refractivity (Wildman–Crippen MR) is 94.0 cm³/mol. The zero-order valence-electron chi connectivity index (χ0n) is 13.4. The number of hydrogen-bond acceptors (Lipinski definition) is 5. The zero-order valence-corrected chi connectivity index (χ0v) is 15.1. The van der Waals surface area contributed by atoms with Crippen molar-refractivity contribution in [2.45, 2.75) is 39.5 Å². The first-order valence-corrected chi connectivity index (χ1v) is 9.25. The van der Waals surface area contributed by atoms with Gasteiger partial charge in [0.15, 0.2) is 0 Å². The van der Waals surface area contributed by atoms with E-state index in [0.717, 1.165) is 41.0 Å². The monoisotopic (exact) mass is 349 g/mol. The summed E-state index contributed by atoms with van der Waals surface area (Å²) in [5, 5.41) is 3.56. The minimum Gasteiger partial charge on any atom is -0.465 e. The minimum atomic E-state index is -0.363. The van der Waals surface area contributed by atoms with E-state index >= 15 is 0 Å². The first-order valence-electron chi connectivity index (χ1n) is 7.62. The fourth-order valence-corrected chi connectivity index (χ4v) is 5.19. The molecule has 2 aromatic rings. The molecule has 1 amide bonds. The summed E-state index contributed by atoms with van der Waals surface area (Å²) < 4.78 is 4.93. The number of thiophene rings is 2. The summed E-state index contributed by atoms with van der Waals surface area (Å²) >= 11 is 3.11. The Kier molecular flexibility index (Phi) is 4.55. The highest BCUT2D eigenvalue weighted by molar-refractivity contribution is 7.17. The molecule has 2 heterocycles. The number of anilines is 1. The molecular weight excluding hydrogens is 330 g/mol. The van der Waals surface area contributed by atoms with Gasteiger partial charge in [-0.3, -0.25) is 4.79 Å². The summed E-state index contributed by atoms with van der Waals surface area (Å²) in [6.45, 7) is 3.92. The molecule has 0 radical (unpaired) electrons. The number of aryl methyl sites for hydroxylation is 3. The number of carbonyl (C=O) groups excluding carboxylic acids is 2. The average Bonchev–Trinajstić information content (AvgIpc) is 3.05. The smallest absolute Gasteiger partial charge is 0.341 e. The van der Waals surface area contributed by atoms with Crippen LogP contribution in [-0.2, 0) is 17.6 Å².